The molecule has 2 unspecified atom stereocenters. The van der Waals surface area contributed by atoms with Crippen LogP contribution in [0.25, 0.3) is 0 Å². The van der Waals surface area contributed by atoms with E-state index in [9.17, 15) is 9.59 Å². The Hall–Kier alpha value is -0.920. The van der Waals surface area contributed by atoms with E-state index in [2.05, 4.69) is 37.8 Å². The van der Waals surface area contributed by atoms with Gasteiger partial charge in [0.1, 0.15) is 11.7 Å². The van der Waals surface area contributed by atoms with Crippen molar-refractivity contribution < 1.29 is 9.59 Å². The van der Waals surface area contributed by atoms with Gasteiger partial charge in [0.2, 0.25) is 0 Å². The van der Waals surface area contributed by atoms with Gasteiger partial charge < -0.3 is 0 Å². The number of hydrogen-bond acceptors (Lipinski definition) is 2. The molecule has 0 spiro atoms. The van der Waals surface area contributed by atoms with Crippen molar-refractivity contribution in [2.45, 2.75) is 25.7 Å². The van der Waals surface area contributed by atoms with Crippen molar-refractivity contribution in [1.29, 1.82) is 0 Å². The lowest BCUT2D eigenvalue weighted by Crippen LogP contribution is -2.16. The summed E-state index contributed by atoms with van der Waals surface area (Å²) in [5, 5.41) is 0. The largest absolute Gasteiger partial charge is 0.298 e. The third-order valence-electron chi connectivity index (χ3n) is 3.33. The predicted octanol–water partition coefficient (Wildman–Crippen LogP) is 3.79. The molecule has 0 heterocycles. The molecule has 1 aliphatic rings. The van der Waals surface area contributed by atoms with E-state index >= 15 is 0 Å². The smallest absolute Gasteiger partial charge is 0.152 e. The standard InChI is InChI=1S/C15H12Br2O2/c1-3-4-9-7-12(18)14(15(9)19)13-10(16)5-8(2)6-11(13)17/h1,5-6,9,14H,4,7H2,2H3. The Kier molecular flexibility index (Phi) is 4.27. The Morgan fingerprint density at radius 1 is 1.32 bits per heavy atom. The molecule has 2 atom stereocenters. The van der Waals surface area contributed by atoms with Gasteiger partial charge >= 0.3 is 0 Å². The quantitative estimate of drug-likeness (QED) is 0.575. The molecule has 2 nitrogen and oxygen atoms in total. The van der Waals surface area contributed by atoms with Crippen LogP contribution < -0.4 is 0 Å². The summed E-state index contributed by atoms with van der Waals surface area (Å²) in [6.07, 6.45) is 5.83. The van der Waals surface area contributed by atoms with Crippen LogP contribution in [-0.2, 0) is 9.59 Å². The number of benzene rings is 1. The molecule has 0 N–H and O–H groups in total. The van der Waals surface area contributed by atoms with Crippen LogP contribution in [0.4, 0.5) is 0 Å². The van der Waals surface area contributed by atoms with Crippen molar-refractivity contribution in [2.75, 3.05) is 0 Å². The van der Waals surface area contributed by atoms with E-state index in [0.29, 0.717) is 6.42 Å². The average molecular weight is 384 g/mol. The van der Waals surface area contributed by atoms with Gasteiger partial charge in [-0.2, -0.15) is 0 Å². The first-order valence-electron chi connectivity index (χ1n) is 5.91. The summed E-state index contributed by atoms with van der Waals surface area (Å²) in [6, 6.07) is 3.82. The van der Waals surface area contributed by atoms with Crippen LogP contribution in [-0.4, -0.2) is 11.6 Å². The second-order valence-corrected chi connectivity index (χ2v) is 6.46. The summed E-state index contributed by atoms with van der Waals surface area (Å²) in [5.41, 5.74) is 1.78. The fraction of sp³-hybridized carbons (Fsp3) is 0.333. The third-order valence-corrected chi connectivity index (χ3v) is 4.64. The van der Waals surface area contributed by atoms with E-state index in [4.69, 9.17) is 6.42 Å². The zero-order valence-corrected chi connectivity index (χ0v) is 13.5. The van der Waals surface area contributed by atoms with E-state index in [-0.39, 0.29) is 23.9 Å². The molecule has 1 fully saturated rings. The minimum absolute atomic E-state index is 0.0458. The number of terminal acetylenes is 1. The minimum atomic E-state index is -0.692. The normalized spacial score (nSPS) is 22.6. The van der Waals surface area contributed by atoms with Crippen molar-refractivity contribution in [3.05, 3.63) is 32.2 Å². The Morgan fingerprint density at radius 3 is 2.42 bits per heavy atom. The third kappa shape index (κ3) is 2.68. The van der Waals surface area contributed by atoms with E-state index in [1.807, 2.05) is 19.1 Å². The summed E-state index contributed by atoms with van der Waals surface area (Å²) in [7, 11) is 0. The molecule has 4 heteroatoms. The highest BCUT2D eigenvalue weighted by atomic mass is 79.9. The molecule has 0 aliphatic heterocycles. The number of carbonyl (C=O) groups is 2. The molecule has 2 rings (SSSR count). The molecule has 98 valence electrons. The monoisotopic (exact) mass is 382 g/mol. The number of carbonyl (C=O) groups excluding carboxylic acids is 2. The summed E-state index contributed by atoms with van der Waals surface area (Å²) < 4.78 is 1.57. The number of aryl methyl sites for hydroxylation is 1. The highest BCUT2D eigenvalue weighted by molar-refractivity contribution is 9.11. The fourth-order valence-corrected chi connectivity index (χ4v) is 4.33. The zero-order valence-electron chi connectivity index (χ0n) is 10.4. The topological polar surface area (TPSA) is 34.1 Å². The summed E-state index contributed by atoms with van der Waals surface area (Å²) >= 11 is 6.89. The Labute approximate surface area is 129 Å². The van der Waals surface area contributed by atoms with Gasteiger partial charge in [-0.25, -0.2) is 0 Å². The lowest BCUT2D eigenvalue weighted by molar-refractivity contribution is -0.124. The summed E-state index contributed by atoms with van der Waals surface area (Å²) in [4.78, 5) is 24.5. The SMILES string of the molecule is C#CCC1CC(=O)C(c2c(Br)cc(C)cc2Br)C1=O. The first-order chi connectivity index (χ1) is 8.95. The van der Waals surface area contributed by atoms with Crippen LogP contribution in [0.15, 0.2) is 21.1 Å². The van der Waals surface area contributed by atoms with Gasteiger partial charge in [-0.15, -0.1) is 12.3 Å². The molecule has 1 saturated carbocycles. The number of Topliss-reactive ketones (excluding diaryl/α,β-unsaturated/α-hetero) is 2. The van der Waals surface area contributed by atoms with E-state index in [1.54, 1.807) is 0 Å². The van der Waals surface area contributed by atoms with E-state index in [0.717, 1.165) is 20.1 Å². The van der Waals surface area contributed by atoms with Crippen LogP contribution in [0.5, 0.6) is 0 Å². The maximum atomic E-state index is 12.3. The van der Waals surface area contributed by atoms with Gasteiger partial charge in [0.05, 0.1) is 0 Å². The molecular weight excluding hydrogens is 372 g/mol. The van der Waals surface area contributed by atoms with Gasteiger partial charge in [-0.1, -0.05) is 31.9 Å². The van der Waals surface area contributed by atoms with Gasteiger partial charge in [0, 0.05) is 27.7 Å². The van der Waals surface area contributed by atoms with Crippen LogP contribution in [0.2, 0.25) is 0 Å². The molecule has 19 heavy (non-hydrogen) atoms. The van der Waals surface area contributed by atoms with Crippen molar-refractivity contribution in [1.82, 2.24) is 0 Å². The average Bonchev–Trinajstić information content (AvgIpc) is 2.56. The van der Waals surface area contributed by atoms with Crippen molar-refractivity contribution in [3.8, 4) is 12.3 Å². The van der Waals surface area contributed by atoms with Crippen molar-refractivity contribution >= 4 is 43.4 Å². The number of ketones is 2. The molecule has 0 amide bonds. The van der Waals surface area contributed by atoms with Gasteiger partial charge in [0.15, 0.2) is 5.78 Å². The minimum Gasteiger partial charge on any atom is -0.298 e. The summed E-state index contributed by atoms with van der Waals surface area (Å²) in [6.45, 7) is 1.96. The van der Waals surface area contributed by atoms with Crippen LogP contribution in [0.1, 0.15) is 29.9 Å². The molecule has 1 aliphatic carbocycles. The van der Waals surface area contributed by atoms with Gasteiger partial charge in [-0.3, -0.25) is 9.59 Å². The fourth-order valence-electron chi connectivity index (χ4n) is 2.46. The number of halogens is 2. The molecular formula is C15H12Br2O2. The van der Waals surface area contributed by atoms with Gasteiger partial charge in [-0.05, 0) is 30.2 Å². The lowest BCUT2D eigenvalue weighted by Gasteiger charge is -2.14. The molecule has 0 saturated heterocycles. The second-order valence-electron chi connectivity index (χ2n) is 4.75. The van der Waals surface area contributed by atoms with E-state index < -0.39 is 5.92 Å². The van der Waals surface area contributed by atoms with Crippen LogP contribution in [0, 0.1) is 25.2 Å². The highest BCUT2D eigenvalue weighted by Gasteiger charge is 2.43. The number of hydrogen-bond donors (Lipinski definition) is 0. The first kappa shape index (κ1) is 14.5. The molecule has 1 aromatic carbocycles. The second kappa shape index (κ2) is 5.60. The van der Waals surface area contributed by atoms with Crippen molar-refractivity contribution in [2.24, 2.45) is 5.92 Å². The Balaban J connectivity index is 2.46. The zero-order chi connectivity index (χ0) is 14.2. The summed E-state index contributed by atoms with van der Waals surface area (Å²) in [5.74, 6) is 1.34. The maximum absolute atomic E-state index is 12.3. The molecule has 1 aromatic rings. The Morgan fingerprint density at radius 2 is 1.89 bits per heavy atom. The van der Waals surface area contributed by atoms with E-state index in [1.165, 1.54) is 0 Å². The van der Waals surface area contributed by atoms with Gasteiger partial charge in [0.25, 0.3) is 0 Å². The highest BCUT2D eigenvalue weighted by Crippen LogP contribution is 2.41. The lowest BCUT2D eigenvalue weighted by atomic mass is 9.93. The Bertz CT molecular complexity index is 576. The van der Waals surface area contributed by atoms with Crippen LogP contribution in [0.3, 0.4) is 0 Å². The molecule has 0 bridgehead atoms. The first-order valence-corrected chi connectivity index (χ1v) is 7.49. The predicted molar refractivity (Wildman–Crippen MR) is 80.9 cm³/mol. The number of rotatable bonds is 2. The molecule has 0 radical (unpaired) electrons. The molecule has 0 aromatic heterocycles. The maximum Gasteiger partial charge on any atom is 0.152 e. The van der Waals surface area contributed by atoms with Crippen molar-refractivity contribution in [3.63, 3.8) is 0 Å². The van der Waals surface area contributed by atoms with Crippen LogP contribution >= 0.6 is 31.9 Å².